The summed E-state index contributed by atoms with van der Waals surface area (Å²) in [6, 6.07) is 2.12. The molecule has 1 aromatic carbocycles. The van der Waals surface area contributed by atoms with Crippen LogP contribution >= 0.6 is 11.6 Å². The molecular weight excluding hydrogens is 262 g/mol. The molecule has 0 saturated carbocycles. The number of benzene rings is 1. The summed E-state index contributed by atoms with van der Waals surface area (Å²) in [7, 11) is 0. The van der Waals surface area contributed by atoms with Crippen molar-refractivity contribution >= 4 is 11.6 Å². The first-order chi connectivity index (χ1) is 9.25. The van der Waals surface area contributed by atoms with Crippen molar-refractivity contribution in [3.8, 4) is 11.5 Å². The quantitative estimate of drug-likeness (QED) is 0.904. The van der Waals surface area contributed by atoms with Crippen molar-refractivity contribution in [1.82, 2.24) is 5.32 Å². The van der Waals surface area contributed by atoms with Crippen LogP contribution < -0.4 is 14.8 Å². The van der Waals surface area contributed by atoms with Crippen LogP contribution in [0.25, 0.3) is 0 Å². The van der Waals surface area contributed by atoms with E-state index in [1.807, 2.05) is 0 Å². The van der Waals surface area contributed by atoms with Gasteiger partial charge >= 0.3 is 0 Å². The van der Waals surface area contributed by atoms with Crippen molar-refractivity contribution in [2.24, 2.45) is 5.92 Å². The lowest BCUT2D eigenvalue weighted by Crippen LogP contribution is -2.28. The van der Waals surface area contributed by atoms with E-state index in [-0.39, 0.29) is 0 Å². The first-order valence-corrected chi connectivity index (χ1v) is 7.42. The average molecular weight is 282 g/mol. The Balaban J connectivity index is 1.86. The minimum atomic E-state index is 0.583. The van der Waals surface area contributed by atoms with E-state index in [0.29, 0.717) is 13.2 Å². The molecule has 1 aromatic rings. The van der Waals surface area contributed by atoms with Crippen LogP contribution in [0.2, 0.25) is 5.02 Å². The molecule has 1 saturated heterocycles. The average Bonchev–Trinajstić information content (AvgIpc) is 2.46. The first-order valence-electron chi connectivity index (χ1n) is 7.04. The molecule has 0 bridgehead atoms. The van der Waals surface area contributed by atoms with E-state index in [0.717, 1.165) is 47.5 Å². The van der Waals surface area contributed by atoms with Crippen LogP contribution in [0, 0.1) is 12.8 Å². The van der Waals surface area contributed by atoms with Gasteiger partial charge in [-0.15, -0.1) is 0 Å². The molecule has 0 unspecified atom stereocenters. The third kappa shape index (κ3) is 2.67. The number of fused-ring (bicyclic) bond motifs is 1. The molecule has 2 aliphatic rings. The predicted octanol–water partition coefficient (Wildman–Crippen LogP) is 2.96. The third-order valence-corrected chi connectivity index (χ3v) is 4.55. The van der Waals surface area contributed by atoms with E-state index < -0.39 is 0 Å². The number of hydrogen-bond donors (Lipinski definition) is 1. The normalized spacial score (nSPS) is 19.5. The Hall–Kier alpha value is -0.930. The number of hydrogen-bond acceptors (Lipinski definition) is 3. The highest BCUT2D eigenvalue weighted by Crippen LogP contribution is 2.42. The third-order valence-electron chi connectivity index (χ3n) is 4.09. The maximum atomic E-state index is 6.42. The van der Waals surface area contributed by atoms with Crippen LogP contribution in [-0.2, 0) is 6.42 Å². The van der Waals surface area contributed by atoms with Gasteiger partial charge in [0.05, 0.1) is 5.02 Å². The van der Waals surface area contributed by atoms with E-state index >= 15 is 0 Å². The Bertz CT molecular complexity index is 470. The Morgan fingerprint density at radius 2 is 2.00 bits per heavy atom. The van der Waals surface area contributed by atoms with Crippen LogP contribution in [0.3, 0.4) is 0 Å². The van der Waals surface area contributed by atoms with Gasteiger partial charge in [-0.25, -0.2) is 0 Å². The minimum absolute atomic E-state index is 0.583. The second-order valence-corrected chi connectivity index (χ2v) is 5.77. The monoisotopic (exact) mass is 281 g/mol. The van der Waals surface area contributed by atoms with Gasteiger partial charge in [-0.05, 0) is 62.4 Å². The largest absolute Gasteiger partial charge is 0.486 e. The predicted molar refractivity (Wildman–Crippen MR) is 76.5 cm³/mol. The van der Waals surface area contributed by atoms with Gasteiger partial charge in [-0.1, -0.05) is 11.6 Å². The molecule has 3 nitrogen and oxygen atoms in total. The topological polar surface area (TPSA) is 30.5 Å². The van der Waals surface area contributed by atoms with Gasteiger partial charge in [0, 0.05) is 0 Å². The molecule has 3 rings (SSSR count). The molecule has 2 aliphatic heterocycles. The zero-order chi connectivity index (χ0) is 13.2. The highest BCUT2D eigenvalue weighted by atomic mass is 35.5. The van der Waals surface area contributed by atoms with Crippen molar-refractivity contribution < 1.29 is 9.47 Å². The molecule has 0 aromatic heterocycles. The van der Waals surface area contributed by atoms with Crippen LogP contribution in [0.4, 0.5) is 0 Å². The van der Waals surface area contributed by atoms with Crippen molar-refractivity contribution in [1.29, 1.82) is 0 Å². The standard InChI is InChI=1S/C15H20ClNO2/c1-10-12(8-11-2-4-17-5-3-11)9-13-15(14(10)16)19-7-6-18-13/h9,11,17H,2-8H2,1H3. The zero-order valence-corrected chi connectivity index (χ0v) is 12.1. The first kappa shape index (κ1) is 13.1. The number of halogens is 1. The molecule has 0 aliphatic carbocycles. The van der Waals surface area contributed by atoms with Gasteiger partial charge in [0.2, 0.25) is 0 Å². The summed E-state index contributed by atoms with van der Waals surface area (Å²) in [5.41, 5.74) is 2.45. The SMILES string of the molecule is Cc1c(CC2CCNCC2)cc2c(c1Cl)OCCO2. The number of rotatable bonds is 2. The van der Waals surface area contributed by atoms with Crippen molar-refractivity contribution in [3.05, 3.63) is 22.2 Å². The molecular formula is C15H20ClNO2. The molecule has 0 atom stereocenters. The van der Waals surface area contributed by atoms with E-state index in [2.05, 4.69) is 18.3 Å². The summed E-state index contributed by atoms with van der Waals surface area (Å²) in [6.45, 7) is 5.53. The summed E-state index contributed by atoms with van der Waals surface area (Å²) >= 11 is 6.42. The molecule has 1 N–H and O–H groups in total. The molecule has 0 radical (unpaired) electrons. The smallest absolute Gasteiger partial charge is 0.180 e. The number of ether oxygens (including phenoxy) is 2. The Morgan fingerprint density at radius 1 is 1.26 bits per heavy atom. The van der Waals surface area contributed by atoms with Crippen molar-refractivity contribution in [3.63, 3.8) is 0 Å². The van der Waals surface area contributed by atoms with E-state index in [1.54, 1.807) is 0 Å². The highest BCUT2D eigenvalue weighted by Gasteiger charge is 2.22. The fourth-order valence-electron chi connectivity index (χ4n) is 2.90. The molecule has 2 heterocycles. The van der Waals surface area contributed by atoms with Gasteiger partial charge < -0.3 is 14.8 Å². The summed E-state index contributed by atoms with van der Waals surface area (Å²) in [5.74, 6) is 2.28. The van der Waals surface area contributed by atoms with Crippen LogP contribution in [-0.4, -0.2) is 26.3 Å². The lowest BCUT2D eigenvalue weighted by atomic mass is 9.89. The second-order valence-electron chi connectivity index (χ2n) is 5.40. The maximum Gasteiger partial charge on any atom is 0.180 e. The van der Waals surface area contributed by atoms with Gasteiger partial charge in [-0.2, -0.15) is 0 Å². The second kappa shape index (κ2) is 5.59. The van der Waals surface area contributed by atoms with Crippen LogP contribution in [0.15, 0.2) is 6.07 Å². The molecule has 4 heteroatoms. The zero-order valence-electron chi connectivity index (χ0n) is 11.3. The van der Waals surface area contributed by atoms with Gasteiger partial charge in [0.25, 0.3) is 0 Å². The highest BCUT2D eigenvalue weighted by molar-refractivity contribution is 6.33. The fraction of sp³-hybridized carbons (Fsp3) is 0.600. The molecule has 104 valence electrons. The van der Waals surface area contributed by atoms with Crippen LogP contribution in [0.5, 0.6) is 11.5 Å². The Morgan fingerprint density at radius 3 is 2.79 bits per heavy atom. The summed E-state index contributed by atoms with van der Waals surface area (Å²) in [5, 5.41) is 4.13. The number of piperidine rings is 1. The lowest BCUT2D eigenvalue weighted by Gasteiger charge is -2.26. The van der Waals surface area contributed by atoms with E-state index in [9.17, 15) is 0 Å². The van der Waals surface area contributed by atoms with Gasteiger partial charge in [-0.3, -0.25) is 0 Å². The summed E-state index contributed by atoms with van der Waals surface area (Å²) < 4.78 is 11.3. The number of nitrogens with one attached hydrogen (secondary N) is 1. The van der Waals surface area contributed by atoms with Gasteiger partial charge in [0.1, 0.15) is 13.2 Å². The van der Waals surface area contributed by atoms with E-state index in [4.69, 9.17) is 21.1 Å². The van der Waals surface area contributed by atoms with E-state index in [1.165, 1.54) is 18.4 Å². The van der Waals surface area contributed by atoms with Crippen molar-refractivity contribution in [2.45, 2.75) is 26.2 Å². The lowest BCUT2D eigenvalue weighted by molar-refractivity contribution is 0.171. The van der Waals surface area contributed by atoms with Crippen LogP contribution in [0.1, 0.15) is 24.0 Å². The molecule has 0 amide bonds. The maximum absolute atomic E-state index is 6.42. The summed E-state index contributed by atoms with van der Waals surface area (Å²) in [4.78, 5) is 0. The molecule has 19 heavy (non-hydrogen) atoms. The van der Waals surface area contributed by atoms with Gasteiger partial charge in [0.15, 0.2) is 11.5 Å². The Kier molecular flexibility index (Phi) is 3.85. The minimum Gasteiger partial charge on any atom is -0.486 e. The molecule has 0 spiro atoms. The van der Waals surface area contributed by atoms with Crippen molar-refractivity contribution in [2.75, 3.05) is 26.3 Å². The fourth-order valence-corrected chi connectivity index (χ4v) is 3.17. The summed E-state index contributed by atoms with van der Waals surface area (Å²) in [6.07, 6.45) is 3.57. The Labute approximate surface area is 119 Å². The molecule has 1 fully saturated rings.